The van der Waals surface area contributed by atoms with Gasteiger partial charge >= 0.3 is 0 Å². The smallest absolute Gasteiger partial charge is 0.256 e. The van der Waals surface area contributed by atoms with Crippen LogP contribution >= 0.6 is 11.3 Å². The van der Waals surface area contributed by atoms with E-state index in [2.05, 4.69) is 5.32 Å². The number of carbonyl (C=O) groups excluding carboxylic acids is 1. The van der Waals surface area contributed by atoms with Crippen LogP contribution in [0.25, 0.3) is 21.5 Å². The molecular formula is C26H18N2O2S. The maximum Gasteiger partial charge on any atom is 0.256 e. The van der Waals surface area contributed by atoms with Crippen LogP contribution in [0, 0.1) is 0 Å². The number of thiophene rings is 1. The molecule has 0 aliphatic carbocycles. The van der Waals surface area contributed by atoms with E-state index in [4.69, 9.17) is 9.72 Å². The molecule has 0 spiro atoms. The second-order valence-corrected chi connectivity index (χ2v) is 7.86. The van der Waals surface area contributed by atoms with Crippen molar-refractivity contribution in [2.75, 3.05) is 5.32 Å². The van der Waals surface area contributed by atoms with Gasteiger partial charge in [-0.25, -0.2) is 4.98 Å². The number of anilines is 1. The van der Waals surface area contributed by atoms with E-state index in [0.29, 0.717) is 22.7 Å². The van der Waals surface area contributed by atoms with E-state index in [9.17, 15) is 4.79 Å². The average molecular weight is 423 g/mol. The Morgan fingerprint density at radius 1 is 0.839 bits per heavy atom. The molecule has 1 N–H and O–H groups in total. The lowest BCUT2D eigenvalue weighted by molar-refractivity contribution is 0.102. The number of aromatic nitrogens is 1. The third-order valence-corrected chi connectivity index (χ3v) is 5.73. The zero-order valence-electron chi connectivity index (χ0n) is 16.5. The Hall–Kier alpha value is -3.96. The predicted octanol–water partition coefficient (Wildman–Crippen LogP) is 7.01. The molecule has 0 bridgehead atoms. The van der Waals surface area contributed by atoms with E-state index in [-0.39, 0.29) is 5.91 Å². The maximum atomic E-state index is 13.4. The number of rotatable bonds is 5. The first kappa shape index (κ1) is 19.0. The van der Waals surface area contributed by atoms with Crippen LogP contribution < -0.4 is 10.1 Å². The SMILES string of the molecule is O=C(Nc1ccccc1Oc1ccccc1)c1cc(-c2cccs2)nc2ccccc12. The zero-order valence-corrected chi connectivity index (χ0v) is 17.3. The molecule has 5 heteroatoms. The van der Waals surface area contributed by atoms with Crippen LogP contribution in [-0.2, 0) is 0 Å². The minimum atomic E-state index is -0.208. The van der Waals surface area contributed by atoms with Crippen LogP contribution in [0.3, 0.4) is 0 Å². The molecule has 0 radical (unpaired) electrons. The van der Waals surface area contributed by atoms with Crippen molar-refractivity contribution in [3.05, 3.63) is 108 Å². The van der Waals surface area contributed by atoms with Crippen LogP contribution in [0.5, 0.6) is 11.5 Å². The number of nitrogens with zero attached hydrogens (tertiary/aromatic N) is 1. The number of amides is 1. The first-order valence-corrected chi connectivity index (χ1v) is 10.7. The Labute approximate surface area is 183 Å². The summed E-state index contributed by atoms with van der Waals surface area (Å²) in [4.78, 5) is 19.1. The molecule has 0 saturated carbocycles. The number of fused-ring (bicyclic) bond motifs is 1. The second kappa shape index (κ2) is 8.42. The van der Waals surface area contributed by atoms with Crippen molar-refractivity contribution in [3.8, 4) is 22.1 Å². The van der Waals surface area contributed by atoms with E-state index in [0.717, 1.165) is 21.5 Å². The van der Waals surface area contributed by atoms with Gasteiger partial charge in [-0.2, -0.15) is 0 Å². The molecule has 1 amide bonds. The summed E-state index contributed by atoms with van der Waals surface area (Å²) in [6, 6.07) is 30.4. The van der Waals surface area contributed by atoms with Crippen molar-refractivity contribution < 1.29 is 9.53 Å². The van der Waals surface area contributed by atoms with E-state index >= 15 is 0 Å². The summed E-state index contributed by atoms with van der Waals surface area (Å²) < 4.78 is 5.99. The summed E-state index contributed by atoms with van der Waals surface area (Å²) in [6.07, 6.45) is 0. The lowest BCUT2D eigenvalue weighted by Crippen LogP contribution is -2.13. The van der Waals surface area contributed by atoms with Crippen molar-refractivity contribution in [2.45, 2.75) is 0 Å². The molecule has 5 rings (SSSR count). The molecule has 3 aromatic carbocycles. The van der Waals surface area contributed by atoms with Gasteiger partial charge in [-0.3, -0.25) is 4.79 Å². The zero-order chi connectivity index (χ0) is 21.0. The van der Waals surface area contributed by atoms with Crippen molar-refractivity contribution in [2.24, 2.45) is 0 Å². The van der Waals surface area contributed by atoms with Gasteiger partial charge in [0, 0.05) is 5.39 Å². The molecule has 5 aromatic rings. The van der Waals surface area contributed by atoms with Gasteiger partial charge in [-0.15, -0.1) is 11.3 Å². The highest BCUT2D eigenvalue weighted by atomic mass is 32.1. The molecule has 0 aliphatic rings. The fourth-order valence-corrected chi connectivity index (χ4v) is 4.06. The summed E-state index contributed by atoms with van der Waals surface area (Å²) in [5.74, 6) is 1.08. The largest absolute Gasteiger partial charge is 0.455 e. The lowest BCUT2D eigenvalue weighted by Gasteiger charge is -2.13. The minimum absolute atomic E-state index is 0.208. The van der Waals surface area contributed by atoms with Gasteiger partial charge in [-0.05, 0) is 47.8 Å². The predicted molar refractivity (Wildman–Crippen MR) is 126 cm³/mol. The van der Waals surface area contributed by atoms with Crippen molar-refractivity contribution in [3.63, 3.8) is 0 Å². The summed E-state index contributed by atoms with van der Waals surface area (Å²) in [5.41, 5.74) is 2.75. The summed E-state index contributed by atoms with van der Waals surface area (Å²) >= 11 is 1.60. The number of para-hydroxylation sites is 4. The highest BCUT2D eigenvalue weighted by molar-refractivity contribution is 7.13. The van der Waals surface area contributed by atoms with Gasteiger partial charge in [0.05, 0.1) is 27.3 Å². The van der Waals surface area contributed by atoms with Gasteiger partial charge in [0.2, 0.25) is 0 Å². The van der Waals surface area contributed by atoms with Crippen LogP contribution in [0.15, 0.2) is 102 Å². The van der Waals surface area contributed by atoms with Crippen LogP contribution in [0.2, 0.25) is 0 Å². The third-order valence-electron chi connectivity index (χ3n) is 4.84. The monoisotopic (exact) mass is 422 g/mol. The molecule has 0 saturated heterocycles. The first-order valence-electron chi connectivity index (χ1n) is 9.85. The number of benzene rings is 3. The normalized spacial score (nSPS) is 10.7. The minimum Gasteiger partial charge on any atom is -0.455 e. The average Bonchev–Trinajstić information content (AvgIpc) is 3.35. The van der Waals surface area contributed by atoms with E-state index in [1.54, 1.807) is 11.3 Å². The molecule has 2 aromatic heterocycles. The molecule has 4 nitrogen and oxygen atoms in total. The quantitative estimate of drug-likeness (QED) is 0.331. The van der Waals surface area contributed by atoms with Crippen molar-refractivity contribution in [1.29, 1.82) is 0 Å². The van der Waals surface area contributed by atoms with Gasteiger partial charge in [0.25, 0.3) is 5.91 Å². The maximum absolute atomic E-state index is 13.4. The Morgan fingerprint density at radius 3 is 2.45 bits per heavy atom. The fourth-order valence-electron chi connectivity index (χ4n) is 3.38. The highest BCUT2D eigenvalue weighted by Crippen LogP contribution is 2.31. The van der Waals surface area contributed by atoms with Crippen LogP contribution in [-0.4, -0.2) is 10.9 Å². The number of hydrogen-bond donors (Lipinski definition) is 1. The summed E-state index contributed by atoms with van der Waals surface area (Å²) in [6.45, 7) is 0. The van der Waals surface area contributed by atoms with Crippen molar-refractivity contribution >= 4 is 33.8 Å². The Bertz CT molecular complexity index is 1350. The molecule has 0 atom stereocenters. The van der Waals surface area contributed by atoms with Gasteiger partial charge in [0.15, 0.2) is 5.75 Å². The Balaban J connectivity index is 1.52. The van der Waals surface area contributed by atoms with Crippen LogP contribution in [0.4, 0.5) is 5.69 Å². The number of carbonyl (C=O) groups is 1. The standard InChI is InChI=1S/C26H18N2O2S/c29-26(28-22-13-6-7-14-24(22)30-18-9-2-1-3-10-18)20-17-23(25-15-8-16-31-25)27-21-12-5-4-11-19(20)21/h1-17H,(H,28,29). The van der Waals surface area contributed by atoms with Gasteiger partial charge in [0.1, 0.15) is 5.75 Å². The van der Waals surface area contributed by atoms with Crippen molar-refractivity contribution in [1.82, 2.24) is 4.98 Å². The third kappa shape index (κ3) is 4.04. The van der Waals surface area contributed by atoms with Gasteiger partial charge in [-0.1, -0.05) is 54.6 Å². The summed E-state index contributed by atoms with van der Waals surface area (Å²) in [7, 11) is 0. The number of pyridine rings is 1. The number of hydrogen-bond acceptors (Lipinski definition) is 4. The number of ether oxygens (including phenoxy) is 1. The molecule has 0 aliphatic heterocycles. The van der Waals surface area contributed by atoms with Gasteiger partial charge < -0.3 is 10.1 Å². The molecule has 31 heavy (non-hydrogen) atoms. The topological polar surface area (TPSA) is 51.2 Å². The molecular weight excluding hydrogens is 404 g/mol. The number of nitrogens with one attached hydrogen (secondary N) is 1. The van der Waals surface area contributed by atoms with E-state index in [1.807, 2.05) is 102 Å². The first-order chi connectivity index (χ1) is 15.3. The van der Waals surface area contributed by atoms with E-state index in [1.165, 1.54) is 0 Å². The fraction of sp³-hybridized carbons (Fsp3) is 0. The molecule has 150 valence electrons. The Morgan fingerprint density at radius 2 is 1.61 bits per heavy atom. The second-order valence-electron chi connectivity index (χ2n) is 6.91. The highest BCUT2D eigenvalue weighted by Gasteiger charge is 2.16. The molecule has 2 heterocycles. The lowest BCUT2D eigenvalue weighted by atomic mass is 10.1. The molecule has 0 unspecified atom stereocenters. The van der Waals surface area contributed by atoms with Crippen LogP contribution in [0.1, 0.15) is 10.4 Å². The van der Waals surface area contributed by atoms with E-state index < -0.39 is 0 Å². The Kier molecular flexibility index (Phi) is 5.17. The summed E-state index contributed by atoms with van der Waals surface area (Å²) in [5, 5.41) is 5.83. The molecule has 0 fully saturated rings.